The minimum Gasteiger partial charge on any atom is -0.487 e. The lowest BCUT2D eigenvalue weighted by molar-refractivity contribution is 0.0599. The molecule has 0 aromatic heterocycles. The predicted molar refractivity (Wildman–Crippen MR) is 78.3 cm³/mol. The molecule has 4 heteroatoms. The first-order valence-electron chi connectivity index (χ1n) is 7.09. The summed E-state index contributed by atoms with van der Waals surface area (Å²) in [5.74, 6) is 0.834. The first-order chi connectivity index (χ1) is 9.22. The van der Waals surface area contributed by atoms with Gasteiger partial charge in [0.05, 0.1) is 10.6 Å². The summed E-state index contributed by atoms with van der Waals surface area (Å²) in [5, 5.41) is 13.3. The Hall–Kier alpha value is -0.580. The molecule has 2 aliphatic rings. The lowest BCUT2D eigenvalue weighted by Crippen LogP contribution is -2.25. The molecule has 1 aromatic rings. The van der Waals surface area contributed by atoms with Gasteiger partial charge in [-0.25, -0.2) is 0 Å². The Morgan fingerprint density at radius 2 is 2.11 bits per heavy atom. The van der Waals surface area contributed by atoms with E-state index in [9.17, 15) is 5.11 Å². The van der Waals surface area contributed by atoms with Crippen molar-refractivity contribution in [2.75, 3.05) is 0 Å². The molecule has 2 fully saturated rings. The molecule has 104 valence electrons. The fraction of sp³-hybridized carbons (Fsp3) is 0.600. The van der Waals surface area contributed by atoms with Crippen LogP contribution in [0.15, 0.2) is 22.7 Å². The van der Waals surface area contributed by atoms with Gasteiger partial charge in [-0.1, -0.05) is 6.07 Å². The SMILES string of the molecule is OC1CCCC1Oc1ccc(CNC2CC2)cc1Br. The van der Waals surface area contributed by atoms with Crippen LogP contribution in [0.2, 0.25) is 0 Å². The minimum absolute atomic E-state index is 0.0493. The van der Waals surface area contributed by atoms with Crippen molar-refractivity contribution in [1.29, 1.82) is 0 Å². The number of halogens is 1. The maximum absolute atomic E-state index is 9.80. The van der Waals surface area contributed by atoms with Crippen molar-refractivity contribution in [1.82, 2.24) is 5.32 Å². The monoisotopic (exact) mass is 325 g/mol. The van der Waals surface area contributed by atoms with Crippen molar-refractivity contribution in [3.8, 4) is 5.75 Å². The molecule has 0 amide bonds. The summed E-state index contributed by atoms with van der Waals surface area (Å²) in [6.45, 7) is 0.912. The van der Waals surface area contributed by atoms with Gasteiger partial charge in [0, 0.05) is 12.6 Å². The highest BCUT2D eigenvalue weighted by molar-refractivity contribution is 9.10. The number of benzene rings is 1. The fourth-order valence-electron chi connectivity index (χ4n) is 2.51. The van der Waals surface area contributed by atoms with Crippen LogP contribution in [0.5, 0.6) is 5.75 Å². The van der Waals surface area contributed by atoms with E-state index < -0.39 is 0 Å². The summed E-state index contributed by atoms with van der Waals surface area (Å²) in [5.41, 5.74) is 1.26. The van der Waals surface area contributed by atoms with Crippen LogP contribution in [0.3, 0.4) is 0 Å². The third-order valence-electron chi connectivity index (χ3n) is 3.86. The van der Waals surface area contributed by atoms with Gasteiger partial charge in [0.25, 0.3) is 0 Å². The predicted octanol–water partition coefficient (Wildman–Crippen LogP) is 2.99. The molecule has 0 aliphatic heterocycles. The lowest BCUT2D eigenvalue weighted by Gasteiger charge is -2.18. The summed E-state index contributed by atoms with van der Waals surface area (Å²) in [6, 6.07) is 6.92. The Balaban J connectivity index is 1.61. The molecule has 0 spiro atoms. The van der Waals surface area contributed by atoms with E-state index in [1.165, 1.54) is 18.4 Å². The van der Waals surface area contributed by atoms with Crippen LogP contribution in [0.25, 0.3) is 0 Å². The van der Waals surface area contributed by atoms with Crippen molar-refractivity contribution < 1.29 is 9.84 Å². The fourth-order valence-corrected chi connectivity index (χ4v) is 3.03. The smallest absolute Gasteiger partial charge is 0.134 e. The molecular formula is C15H20BrNO2. The van der Waals surface area contributed by atoms with E-state index in [-0.39, 0.29) is 12.2 Å². The summed E-state index contributed by atoms with van der Waals surface area (Å²) in [4.78, 5) is 0. The van der Waals surface area contributed by atoms with Crippen LogP contribution in [0.1, 0.15) is 37.7 Å². The van der Waals surface area contributed by atoms with Crippen molar-refractivity contribution >= 4 is 15.9 Å². The third kappa shape index (κ3) is 3.50. The van der Waals surface area contributed by atoms with E-state index in [1.54, 1.807) is 0 Å². The van der Waals surface area contributed by atoms with Gasteiger partial charge in [-0.05, 0) is 65.7 Å². The Morgan fingerprint density at radius 1 is 1.26 bits per heavy atom. The van der Waals surface area contributed by atoms with Gasteiger partial charge in [-0.3, -0.25) is 0 Å². The molecule has 2 N–H and O–H groups in total. The Bertz CT molecular complexity index is 448. The maximum atomic E-state index is 9.80. The van der Waals surface area contributed by atoms with Gasteiger partial charge in [0.15, 0.2) is 0 Å². The van der Waals surface area contributed by atoms with E-state index in [2.05, 4.69) is 33.4 Å². The molecule has 2 saturated carbocycles. The average Bonchev–Trinajstić information content (AvgIpc) is 3.14. The number of ether oxygens (including phenoxy) is 1. The normalized spacial score (nSPS) is 26.6. The lowest BCUT2D eigenvalue weighted by atomic mass is 10.2. The molecular weight excluding hydrogens is 306 g/mol. The van der Waals surface area contributed by atoms with Gasteiger partial charge in [0.1, 0.15) is 11.9 Å². The minimum atomic E-state index is -0.317. The van der Waals surface area contributed by atoms with Crippen LogP contribution in [-0.2, 0) is 6.54 Å². The summed E-state index contributed by atoms with van der Waals surface area (Å²) in [6.07, 6.45) is 5.09. The van der Waals surface area contributed by atoms with E-state index in [0.29, 0.717) is 0 Å². The molecule has 1 aromatic carbocycles. The zero-order valence-electron chi connectivity index (χ0n) is 10.9. The van der Waals surface area contributed by atoms with Crippen molar-refractivity contribution in [3.63, 3.8) is 0 Å². The van der Waals surface area contributed by atoms with Crippen LogP contribution in [0.4, 0.5) is 0 Å². The summed E-state index contributed by atoms with van der Waals surface area (Å²) in [7, 11) is 0. The van der Waals surface area contributed by atoms with E-state index in [4.69, 9.17) is 4.74 Å². The van der Waals surface area contributed by atoms with E-state index >= 15 is 0 Å². The van der Waals surface area contributed by atoms with Gasteiger partial charge in [0.2, 0.25) is 0 Å². The van der Waals surface area contributed by atoms with Crippen LogP contribution in [-0.4, -0.2) is 23.4 Å². The highest BCUT2D eigenvalue weighted by atomic mass is 79.9. The second-order valence-electron chi connectivity index (χ2n) is 5.57. The molecule has 2 atom stereocenters. The van der Waals surface area contributed by atoms with Gasteiger partial charge >= 0.3 is 0 Å². The number of rotatable bonds is 5. The molecule has 0 bridgehead atoms. The molecule has 0 radical (unpaired) electrons. The highest BCUT2D eigenvalue weighted by Gasteiger charge is 2.27. The summed E-state index contributed by atoms with van der Waals surface area (Å²) >= 11 is 3.56. The van der Waals surface area contributed by atoms with Crippen LogP contribution < -0.4 is 10.1 Å². The first kappa shape index (κ1) is 13.4. The molecule has 2 unspecified atom stereocenters. The molecule has 3 rings (SSSR count). The number of aliphatic hydroxyl groups is 1. The average molecular weight is 326 g/mol. The molecule has 3 nitrogen and oxygen atoms in total. The van der Waals surface area contributed by atoms with Gasteiger partial charge in [-0.15, -0.1) is 0 Å². The quantitative estimate of drug-likeness (QED) is 0.874. The van der Waals surface area contributed by atoms with Gasteiger partial charge < -0.3 is 15.2 Å². The molecule has 0 saturated heterocycles. The highest BCUT2D eigenvalue weighted by Crippen LogP contribution is 2.31. The first-order valence-corrected chi connectivity index (χ1v) is 7.88. The zero-order valence-corrected chi connectivity index (χ0v) is 12.5. The molecule has 19 heavy (non-hydrogen) atoms. The standard InChI is InChI=1S/C15H20BrNO2/c16-12-8-10(9-17-11-5-6-11)4-7-14(12)19-15-3-1-2-13(15)18/h4,7-8,11,13,15,17-18H,1-3,5-6,9H2. The van der Waals surface area contributed by atoms with Crippen LogP contribution >= 0.6 is 15.9 Å². The number of nitrogens with one attached hydrogen (secondary N) is 1. The van der Waals surface area contributed by atoms with E-state index in [1.807, 2.05) is 6.07 Å². The number of hydrogen-bond acceptors (Lipinski definition) is 3. The number of hydrogen-bond donors (Lipinski definition) is 2. The zero-order chi connectivity index (χ0) is 13.2. The van der Waals surface area contributed by atoms with Crippen molar-refractivity contribution in [2.24, 2.45) is 0 Å². The van der Waals surface area contributed by atoms with Crippen molar-refractivity contribution in [2.45, 2.75) is 56.9 Å². The Morgan fingerprint density at radius 3 is 2.74 bits per heavy atom. The summed E-state index contributed by atoms with van der Waals surface area (Å²) < 4.78 is 6.87. The third-order valence-corrected chi connectivity index (χ3v) is 4.48. The second-order valence-corrected chi connectivity index (χ2v) is 6.43. The van der Waals surface area contributed by atoms with Crippen molar-refractivity contribution in [3.05, 3.63) is 28.2 Å². The largest absolute Gasteiger partial charge is 0.487 e. The Kier molecular flexibility index (Phi) is 4.10. The van der Waals surface area contributed by atoms with Gasteiger partial charge in [-0.2, -0.15) is 0 Å². The topological polar surface area (TPSA) is 41.5 Å². The van der Waals surface area contributed by atoms with Crippen LogP contribution in [0, 0.1) is 0 Å². The second kappa shape index (κ2) is 5.81. The molecule has 2 aliphatic carbocycles. The Labute approximate surface area is 122 Å². The van der Waals surface area contributed by atoms with E-state index in [0.717, 1.165) is 42.1 Å². The number of aliphatic hydroxyl groups excluding tert-OH is 1. The maximum Gasteiger partial charge on any atom is 0.134 e. The molecule has 0 heterocycles.